The number of furan rings is 1. The molecule has 0 bridgehead atoms. The second kappa shape index (κ2) is 3.67. The lowest BCUT2D eigenvalue weighted by Gasteiger charge is -2.20. The minimum atomic E-state index is -0.110. The maximum atomic E-state index is 11.3. The van der Waals surface area contributed by atoms with Gasteiger partial charge in [-0.25, -0.2) is 0 Å². The SMILES string of the molecule is O=C1CC(c2coc3ccccc23)CCO1. The molecule has 2 heterocycles. The highest BCUT2D eigenvalue weighted by molar-refractivity contribution is 5.82. The Bertz CT molecular complexity index is 527. The second-order valence-electron chi connectivity index (χ2n) is 4.10. The zero-order valence-electron chi connectivity index (χ0n) is 8.81. The summed E-state index contributed by atoms with van der Waals surface area (Å²) in [5, 5.41) is 1.11. The number of cyclic esters (lactones) is 1. The van der Waals surface area contributed by atoms with Gasteiger partial charge in [0, 0.05) is 16.9 Å². The predicted molar refractivity (Wildman–Crippen MR) is 59.1 cm³/mol. The highest BCUT2D eigenvalue weighted by Gasteiger charge is 2.24. The van der Waals surface area contributed by atoms with Crippen LogP contribution in [0.2, 0.25) is 0 Å². The molecule has 0 saturated carbocycles. The van der Waals surface area contributed by atoms with Crippen LogP contribution in [0.5, 0.6) is 0 Å². The Morgan fingerprint density at radius 3 is 3.00 bits per heavy atom. The fourth-order valence-electron chi connectivity index (χ4n) is 2.26. The third-order valence-corrected chi connectivity index (χ3v) is 3.09. The molecule has 1 fully saturated rings. The molecule has 0 amide bonds. The Hall–Kier alpha value is -1.77. The molecular formula is C13H12O3. The van der Waals surface area contributed by atoms with Crippen LogP contribution in [0.3, 0.4) is 0 Å². The number of hydrogen-bond acceptors (Lipinski definition) is 3. The fraction of sp³-hybridized carbons (Fsp3) is 0.308. The number of benzene rings is 1. The first-order chi connectivity index (χ1) is 7.84. The van der Waals surface area contributed by atoms with Gasteiger partial charge in [-0.05, 0) is 12.5 Å². The van der Waals surface area contributed by atoms with E-state index in [9.17, 15) is 4.79 Å². The number of carbonyl (C=O) groups excluding carboxylic acids is 1. The first kappa shape index (κ1) is 9.46. The average Bonchev–Trinajstić information content (AvgIpc) is 2.72. The quantitative estimate of drug-likeness (QED) is 0.688. The van der Waals surface area contributed by atoms with Gasteiger partial charge in [0.1, 0.15) is 5.58 Å². The number of carbonyl (C=O) groups is 1. The van der Waals surface area contributed by atoms with Crippen molar-refractivity contribution < 1.29 is 13.9 Å². The number of rotatable bonds is 1. The van der Waals surface area contributed by atoms with Crippen LogP contribution in [0, 0.1) is 0 Å². The van der Waals surface area contributed by atoms with Crippen LogP contribution in [0.4, 0.5) is 0 Å². The number of esters is 1. The van der Waals surface area contributed by atoms with Crippen LogP contribution < -0.4 is 0 Å². The lowest BCUT2D eigenvalue weighted by molar-refractivity contribution is -0.147. The van der Waals surface area contributed by atoms with E-state index in [1.54, 1.807) is 6.26 Å². The first-order valence-corrected chi connectivity index (χ1v) is 5.46. The summed E-state index contributed by atoms with van der Waals surface area (Å²) < 4.78 is 10.4. The molecule has 16 heavy (non-hydrogen) atoms. The van der Waals surface area contributed by atoms with Gasteiger partial charge in [-0.15, -0.1) is 0 Å². The zero-order chi connectivity index (χ0) is 11.0. The van der Waals surface area contributed by atoms with Crippen molar-refractivity contribution in [3.63, 3.8) is 0 Å². The summed E-state index contributed by atoms with van der Waals surface area (Å²) >= 11 is 0. The minimum absolute atomic E-state index is 0.110. The molecule has 3 nitrogen and oxygen atoms in total. The molecule has 0 aliphatic carbocycles. The lowest BCUT2D eigenvalue weighted by Crippen LogP contribution is -2.19. The van der Waals surface area contributed by atoms with Gasteiger partial charge in [-0.2, -0.15) is 0 Å². The first-order valence-electron chi connectivity index (χ1n) is 5.46. The van der Waals surface area contributed by atoms with E-state index in [1.165, 1.54) is 0 Å². The topological polar surface area (TPSA) is 39.4 Å². The summed E-state index contributed by atoms with van der Waals surface area (Å²) in [7, 11) is 0. The Kier molecular flexibility index (Phi) is 2.17. The second-order valence-corrected chi connectivity index (χ2v) is 4.10. The van der Waals surface area contributed by atoms with E-state index < -0.39 is 0 Å². The minimum Gasteiger partial charge on any atom is -0.466 e. The zero-order valence-corrected chi connectivity index (χ0v) is 8.81. The number of fused-ring (bicyclic) bond motifs is 1. The Morgan fingerprint density at radius 2 is 2.12 bits per heavy atom. The summed E-state index contributed by atoms with van der Waals surface area (Å²) in [6.07, 6.45) is 3.12. The molecule has 1 aliphatic rings. The summed E-state index contributed by atoms with van der Waals surface area (Å²) in [5.41, 5.74) is 2.02. The number of hydrogen-bond donors (Lipinski definition) is 0. The largest absolute Gasteiger partial charge is 0.466 e. The average molecular weight is 216 g/mol. The van der Waals surface area contributed by atoms with Crippen LogP contribution >= 0.6 is 0 Å². The monoisotopic (exact) mass is 216 g/mol. The van der Waals surface area contributed by atoms with Gasteiger partial charge in [0.05, 0.1) is 19.3 Å². The van der Waals surface area contributed by atoms with Gasteiger partial charge in [-0.3, -0.25) is 4.79 Å². The molecule has 0 radical (unpaired) electrons. The molecule has 1 aromatic heterocycles. The molecule has 1 atom stereocenters. The molecule has 1 aliphatic heterocycles. The molecule has 1 aromatic carbocycles. The van der Waals surface area contributed by atoms with Gasteiger partial charge in [-0.1, -0.05) is 18.2 Å². The molecule has 0 N–H and O–H groups in total. The van der Waals surface area contributed by atoms with Crippen molar-refractivity contribution in [3.05, 3.63) is 36.1 Å². The molecule has 3 heteroatoms. The van der Waals surface area contributed by atoms with Gasteiger partial charge < -0.3 is 9.15 Å². The normalized spacial score (nSPS) is 21.0. The maximum absolute atomic E-state index is 11.3. The summed E-state index contributed by atoms with van der Waals surface area (Å²) in [5.74, 6) is 0.131. The van der Waals surface area contributed by atoms with Gasteiger partial charge in [0.2, 0.25) is 0 Å². The van der Waals surface area contributed by atoms with E-state index in [1.807, 2.05) is 24.3 Å². The summed E-state index contributed by atoms with van der Waals surface area (Å²) in [6, 6.07) is 7.92. The highest BCUT2D eigenvalue weighted by Crippen LogP contribution is 2.33. The third-order valence-electron chi connectivity index (χ3n) is 3.09. The predicted octanol–water partition coefficient (Wildman–Crippen LogP) is 2.85. The molecular weight excluding hydrogens is 204 g/mol. The summed E-state index contributed by atoms with van der Waals surface area (Å²) in [6.45, 7) is 0.517. The van der Waals surface area contributed by atoms with Crippen molar-refractivity contribution >= 4 is 16.9 Å². The van der Waals surface area contributed by atoms with Crippen LogP contribution in [0.15, 0.2) is 34.9 Å². The van der Waals surface area contributed by atoms with E-state index in [4.69, 9.17) is 9.15 Å². The van der Waals surface area contributed by atoms with Crippen LogP contribution in [-0.4, -0.2) is 12.6 Å². The van der Waals surface area contributed by atoms with Crippen molar-refractivity contribution in [1.29, 1.82) is 0 Å². The van der Waals surface area contributed by atoms with Crippen molar-refractivity contribution in [2.75, 3.05) is 6.61 Å². The van der Waals surface area contributed by atoms with Crippen LogP contribution in [0.25, 0.3) is 11.0 Å². The smallest absolute Gasteiger partial charge is 0.306 e. The van der Waals surface area contributed by atoms with E-state index in [-0.39, 0.29) is 11.9 Å². The maximum Gasteiger partial charge on any atom is 0.306 e. The van der Waals surface area contributed by atoms with E-state index >= 15 is 0 Å². The fourth-order valence-corrected chi connectivity index (χ4v) is 2.26. The van der Waals surface area contributed by atoms with E-state index in [0.29, 0.717) is 13.0 Å². The Balaban J connectivity index is 2.02. The van der Waals surface area contributed by atoms with Crippen molar-refractivity contribution in [3.8, 4) is 0 Å². The molecule has 3 rings (SSSR count). The Morgan fingerprint density at radius 1 is 1.25 bits per heavy atom. The van der Waals surface area contributed by atoms with E-state index in [2.05, 4.69) is 0 Å². The molecule has 1 unspecified atom stereocenters. The van der Waals surface area contributed by atoms with Gasteiger partial charge in [0.25, 0.3) is 0 Å². The molecule has 2 aromatic rings. The van der Waals surface area contributed by atoms with Gasteiger partial charge >= 0.3 is 5.97 Å². The van der Waals surface area contributed by atoms with Crippen molar-refractivity contribution in [2.24, 2.45) is 0 Å². The van der Waals surface area contributed by atoms with Crippen LogP contribution in [0.1, 0.15) is 24.3 Å². The Labute approximate surface area is 93.0 Å². The van der Waals surface area contributed by atoms with Crippen molar-refractivity contribution in [1.82, 2.24) is 0 Å². The highest BCUT2D eigenvalue weighted by atomic mass is 16.5. The van der Waals surface area contributed by atoms with Crippen molar-refractivity contribution in [2.45, 2.75) is 18.8 Å². The van der Waals surface area contributed by atoms with Gasteiger partial charge in [0.15, 0.2) is 0 Å². The third kappa shape index (κ3) is 1.48. The molecule has 82 valence electrons. The number of ether oxygens (including phenoxy) is 1. The van der Waals surface area contributed by atoms with E-state index in [0.717, 1.165) is 23.0 Å². The lowest BCUT2D eigenvalue weighted by atomic mass is 9.91. The summed E-state index contributed by atoms with van der Waals surface area (Å²) in [4.78, 5) is 11.3. The standard InChI is InChI=1S/C13H12O3/c14-13-7-9(5-6-15-13)11-8-16-12-4-2-1-3-10(11)12/h1-4,8-9H,5-7H2. The number of para-hydroxylation sites is 1. The molecule has 0 spiro atoms. The van der Waals surface area contributed by atoms with Crippen LogP contribution in [-0.2, 0) is 9.53 Å². The molecule has 1 saturated heterocycles.